The van der Waals surface area contributed by atoms with Crippen molar-refractivity contribution in [3.05, 3.63) is 130 Å². The minimum atomic E-state index is -1.09. The van der Waals surface area contributed by atoms with Gasteiger partial charge in [0, 0.05) is 6.54 Å². The predicted molar refractivity (Wildman–Crippen MR) is 165 cm³/mol. The summed E-state index contributed by atoms with van der Waals surface area (Å²) in [4.78, 5) is 33.9. The van der Waals surface area contributed by atoms with Crippen LogP contribution in [0.4, 0.5) is 9.18 Å². The summed E-state index contributed by atoms with van der Waals surface area (Å²) >= 11 is 0. The summed E-state index contributed by atoms with van der Waals surface area (Å²) in [5.41, 5.74) is 1.05. The number of halogens is 1. The third kappa shape index (κ3) is 5.64. The second kappa shape index (κ2) is 12.2. The number of fused-ring (bicyclic) bond motifs is 2. The van der Waals surface area contributed by atoms with Gasteiger partial charge in [0.15, 0.2) is 5.69 Å². The molecule has 3 aromatic carbocycles. The molecule has 10 nitrogen and oxygen atoms in total. The number of hydrogen-bond donors (Lipinski definition) is 1. The van der Waals surface area contributed by atoms with Crippen LogP contribution in [0.2, 0.25) is 0 Å². The van der Waals surface area contributed by atoms with Crippen LogP contribution in [0.1, 0.15) is 54.1 Å². The van der Waals surface area contributed by atoms with Gasteiger partial charge in [0.2, 0.25) is 11.6 Å². The van der Waals surface area contributed by atoms with Gasteiger partial charge >= 0.3 is 6.09 Å². The Bertz CT molecular complexity index is 1900. The third-order valence-corrected chi connectivity index (χ3v) is 9.01. The molecule has 0 spiro atoms. The molecule has 46 heavy (non-hydrogen) atoms. The van der Waals surface area contributed by atoms with Crippen molar-refractivity contribution in [3.63, 3.8) is 0 Å². The lowest BCUT2D eigenvalue weighted by Gasteiger charge is -2.44. The van der Waals surface area contributed by atoms with Crippen LogP contribution in [0.25, 0.3) is 11.6 Å². The molecular weight excluding hydrogens is 589 g/mol. The summed E-state index contributed by atoms with van der Waals surface area (Å²) in [5, 5.41) is 19.1. The first-order chi connectivity index (χ1) is 22.4. The maximum absolute atomic E-state index is 14.4. The Kier molecular flexibility index (Phi) is 7.81. The number of aromatic nitrogens is 4. The zero-order valence-electron chi connectivity index (χ0n) is 25.0. The van der Waals surface area contributed by atoms with Crippen molar-refractivity contribution >= 4 is 6.09 Å². The lowest BCUT2D eigenvalue weighted by atomic mass is 9.76. The van der Waals surface area contributed by atoms with Crippen molar-refractivity contribution in [2.45, 2.75) is 57.3 Å². The highest BCUT2D eigenvalue weighted by atomic mass is 19.1. The lowest BCUT2D eigenvalue weighted by molar-refractivity contribution is 0.0319. The Morgan fingerprint density at radius 2 is 1.63 bits per heavy atom. The minimum absolute atomic E-state index is 0.0143. The molecule has 0 saturated heterocycles. The number of benzene rings is 3. The van der Waals surface area contributed by atoms with E-state index >= 15 is 0 Å². The number of nitrogens with zero attached hydrogens (tertiary/aromatic N) is 5. The molecule has 234 valence electrons. The summed E-state index contributed by atoms with van der Waals surface area (Å²) in [6.07, 6.45) is 1.69. The molecule has 2 aliphatic heterocycles. The normalized spacial score (nSPS) is 18.5. The van der Waals surface area contributed by atoms with Crippen LogP contribution in [-0.2, 0) is 31.7 Å². The quantitative estimate of drug-likeness (QED) is 0.207. The molecular formula is C35H32FN5O5. The van der Waals surface area contributed by atoms with Gasteiger partial charge < -0.3 is 14.3 Å². The summed E-state index contributed by atoms with van der Waals surface area (Å²) in [5.74, 6) is 0.399. The molecule has 1 aliphatic carbocycles. The van der Waals surface area contributed by atoms with Gasteiger partial charge in [-0.2, -0.15) is 0 Å². The molecule has 2 bridgehead atoms. The van der Waals surface area contributed by atoms with E-state index in [1.165, 1.54) is 17.0 Å². The van der Waals surface area contributed by atoms with Gasteiger partial charge in [0.25, 0.3) is 11.4 Å². The Hall–Kier alpha value is -5.32. The first-order valence-corrected chi connectivity index (χ1v) is 15.3. The van der Waals surface area contributed by atoms with Gasteiger partial charge in [-0.25, -0.2) is 14.2 Å². The molecule has 1 saturated carbocycles. The fraction of sp³-hybridized carbons (Fsp3) is 0.286. The molecule has 0 atom stereocenters. The van der Waals surface area contributed by atoms with Crippen LogP contribution in [0, 0.1) is 11.7 Å². The first-order valence-electron chi connectivity index (χ1n) is 15.3. The van der Waals surface area contributed by atoms with Crippen molar-refractivity contribution in [1.82, 2.24) is 24.6 Å². The lowest BCUT2D eigenvalue weighted by Crippen LogP contribution is -2.51. The second-order valence-electron chi connectivity index (χ2n) is 11.9. The number of hydrogen-bond acceptors (Lipinski definition) is 7. The highest BCUT2D eigenvalue weighted by Gasteiger charge is 2.50. The maximum atomic E-state index is 14.4. The summed E-state index contributed by atoms with van der Waals surface area (Å²) < 4.78 is 27.3. The molecule has 8 rings (SSSR count). The number of ether oxygens (including phenoxy) is 1. The Labute approximate surface area is 264 Å². The molecule has 11 heteroatoms. The van der Waals surface area contributed by atoms with E-state index in [2.05, 4.69) is 10.2 Å². The zero-order valence-corrected chi connectivity index (χ0v) is 25.0. The molecule has 5 aromatic rings. The smallest absolute Gasteiger partial charge is 0.408 e. The van der Waals surface area contributed by atoms with Crippen LogP contribution in [-0.4, -0.2) is 35.8 Å². The largest absolute Gasteiger partial charge is 0.481 e. The first kappa shape index (κ1) is 29.4. The number of rotatable bonds is 9. The average molecular weight is 622 g/mol. The molecule has 0 radical (unpaired) electrons. The van der Waals surface area contributed by atoms with Crippen LogP contribution in [0.5, 0.6) is 5.75 Å². The summed E-state index contributed by atoms with van der Waals surface area (Å²) in [7, 11) is 0. The van der Waals surface area contributed by atoms with Crippen LogP contribution >= 0.6 is 0 Å². The second-order valence-corrected chi connectivity index (χ2v) is 11.9. The molecule has 3 aliphatic rings. The van der Waals surface area contributed by atoms with E-state index in [-0.39, 0.29) is 54.5 Å². The van der Waals surface area contributed by atoms with Gasteiger partial charge in [0.05, 0.1) is 13.0 Å². The van der Waals surface area contributed by atoms with E-state index in [0.29, 0.717) is 25.2 Å². The molecule has 1 fully saturated rings. The van der Waals surface area contributed by atoms with Gasteiger partial charge in [-0.05, 0) is 60.4 Å². The maximum Gasteiger partial charge on any atom is 0.408 e. The van der Waals surface area contributed by atoms with Crippen LogP contribution < -0.4 is 10.3 Å². The van der Waals surface area contributed by atoms with Gasteiger partial charge in [-0.15, -0.1) is 10.2 Å². The molecule has 1 amide bonds. The van der Waals surface area contributed by atoms with Crippen LogP contribution in [0.3, 0.4) is 0 Å². The van der Waals surface area contributed by atoms with Crippen molar-refractivity contribution < 1.29 is 23.4 Å². The Balaban J connectivity index is 1.36. The molecule has 4 heterocycles. The third-order valence-electron chi connectivity index (χ3n) is 9.01. The number of carboxylic acid groups (broad SMARTS) is 1. The summed E-state index contributed by atoms with van der Waals surface area (Å²) in [6.45, 7) is 0.647. The fourth-order valence-electron chi connectivity index (χ4n) is 6.64. The number of carbonyl (C=O) groups is 1. The summed E-state index contributed by atoms with van der Waals surface area (Å²) in [6, 6.07) is 24.9. The zero-order chi connectivity index (χ0) is 31.7. The predicted octanol–water partition coefficient (Wildman–Crippen LogP) is 6.18. The van der Waals surface area contributed by atoms with Gasteiger partial charge in [0.1, 0.15) is 23.8 Å². The van der Waals surface area contributed by atoms with E-state index in [0.717, 1.165) is 29.5 Å². The Morgan fingerprint density at radius 3 is 2.30 bits per heavy atom. The topological polar surface area (TPSA) is 124 Å². The van der Waals surface area contributed by atoms with E-state index in [1.54, 1.807) is 16.7 Å². The van der Waals surface area contributed by atoms with E-state index in [4.69, 9.17) is 14.1 Å². The SMILES string of the molecule is O=C(O)N(Cc1ccccc1)C12CCC(CC1)Cn1c2nc(-c2nnc(Cc3ccc(F)cc3)o2)c(OCc2ccccc2)c1=O. The van der Waals surface area contributed by atoms with Crippen molar-refractivity contribution in [2.24, 2.45) is 5.92 Å². The van der Waals surface area contributed by atoms with E-state index in [1.807, 2.05) is 60.7 Å². The van der Waals surface area contributed by atoms with Crippen molar-refractivity contribution in [2.75, 3.05) is 0 Å². The van der Waals surface area contributed by atoms with E-state index in [9.17, 15) is 19.1 Å². The van der Waals surface area contributed by atoms with E-state index < -0.39 is 17.2 Å². The highest BCUT2D eigenvalue weighted by molar-refractivity contribution is 5.67. The monoisotopic (exact) mass is 621 g/mol. The number of amides is 1. The molecule has 2 aromatic heterocycles. The minimum Gasteiger partial charge on any atom is -0.481 e. The fourth-order valence-corrected chi connectivity index (χ4v) is 6.64. The molecule has 0 unspecified atom stereocenters. The van der Waals surface area contributed by atoms with Gasteiger partial charge in [-0.3, -0.25) is 14.3 Å². The highest BCUT2D eigenvalue weighted by Crippen LogP contribution is 2.48. The Morgan fingerprint density at radius 1 is 0.957 bits per heavy atom. The molecule has 1 N–H and O–H groups in total. The van der Waals surface area contributed by atoms with Crippen molar-refractivity contribution in [1.29, 1.82) is 0 Å². The van der Waals surface area contributed by atoms with Crippen molar-refractivity contribution in [3.8, 4) is 17.3 Å². The average Bonchev–Trinajstić information content (AvgIpc) is 3.41. The standard InChI is InChI=1S/C35H32FN5O5/c36-27-13-11-23(12-14-27)19-28-38-39-31(46-28)29-30(45-22-26-9-5-2-6-10-26)32(42)40-20-25-15-17-35(18-16-25,33(40)37-29)41(34(43)44)21-24-7-3-1-4-8-24/h1-14,25H,15-22H2,(H,43,44). The van der Waals surface area contributed by atoms with Crippen LogP contribution in [0.15, 0.2) is 94.1 Å². The van der Waals surface area contributed by atoms with Gasteiger partial charge in [-0.1, -0.05) is 72.8 Å².